The molecule has 0 radical (unpaired) electrons. The molecule has 0 spiro atoms. The second-order valence-corrected chi connectivity index (χ2v) is 7.03. The molecule has 0 saturated carbocycles. The minimum absolute atomic E-state index is 0.0196. The van der Waals surface area contributed by atoms with Crippen LogP contribution in [0.2, 0.25) is 0 Å². The van der Waals surface area contributed by atoms with Crippen LogP contribution < -0.4 is 10.2 Å². The molecule has 0 bridgehead atoms. The summed E-state index contributed by atoms with van der Waals surface area (Å²) in [6.45, 7) is 5.29. The highest BCUT2D eigenvalue weighted by Gasteiger charge is 2.36. The van der Waals surface area contributed by atoms with Gasteiger partial charge in [0.05, 0.1) is 10.2 Å². The third kappa shape index (κ3) is 3.99. The van der Waals surface area contributed by atoms with E-state index in [9.17, 15) is 18.4 Å². The molecule has 0 aromatic heterocycles. The Morgan fingerprint density at radius 1 is 1.35 bits per heavy atom. The molecule has 1 saturated heterocycles. The first-order chi connectivity index (χ1) is 10.6. The number of halogens is 3. The van der Waals surface area contributed by atoms with Crippen LogP contribution in [-0.4, -0.2) is 30.2 Å². The van der Waals surface area contributed by atoms with Gasteiger partial charge in [0.15, 0.2) is 11.6 Å². The number of carbonyl (C=O) groups excluding carboxylic acids is 2. The molecule has 1 fully saturated rings. The summed E-state index contributed by atoms with van der Waals surface area (Å²) in [7, 11) is 0. The van der Waals surface area contributed by atoms with Crippen molar-refractivity contribution in [1.82, 2.24) is 5.32 Å². The van der Waals surface area contributed by atoms with Crippen LogP contribution in [0.4, 0.5) is 19.3 Å². The van der Waals surface area contributed by atoms with Crippen LogP contribution in [0.15, 0.2) is 16.6 Å². The van der Waals surface area contributed by atoms with Gasteiger partial charge in [0.1, 0.15) is 11.6 Å². The van der Waals surface area contributed by atoms with Crippen molar-refractivity contribution < 1.29 is 23.1 Å². The molecule has 0 aliphatic carbocycles. The number of ether oxygens (including phenoxy) is 1. The molecule has 2 rings (SSSR count). The lowest BCUT2D eigenvalue weighted by molar-refractivity contribution is -0.118. The van der Waals surface area contributed by atoms with Crippen LogP contribution in [0.3, 0.4) is 0 Å². The van der Waals surface area contributed by atoms with Crippen molar-refractivity contribution in [3.05, 3.63) is 28.2 Å². The SMILES string of the molecule is CC(C)(C)OC(=O)N[C@@H]1CCN(c2ccc(Br)c(F)c2F)C1=O. The predicted octanol–water partition coefficient (Wildman–Crippen LogP) is 3.36. The van der Waals surface area contributed by atoms with Crippen molar-refractivity contribution >= 4 is 33.6 Å². The Labute approximate surface area is 141 Å². The number of amides is 2. The maximum Gasteiger partial charge on any atom is 0.408 e. The smallest absolute Gasteiger partial charge is 0.408 e. The molecular formula is C15H17BrF2N2O3. The standard InChI is InChI=1S/C15H17BrF2N2O3/c1-15(2,3)23-14(22)19-9-6-7-20(13(9)21)10-5-4-8(16)11(17)12(10)18/h4-5,9H,6-7H2,1-3H3,(H,19,22)/t9-/m1/s1. The van der Waals surface area contributed by atoms with Crippen molar-refractivity contribution in [3.8, 4) is 0 Å². The second-order valence-electron chi connectivity index (χ2n) is 6.17. The highest BCUT2D eigenvalue weighted by Crippen LogP contribution is 2.30. The van der Waals surface area contributed by atoms with Gasteiger partial charge in [0.25, 0.3) is 0 Å². The van der Waals surface area contributed by atoms with Crippen LogP contribution in [0, 0.1) is 11.6 Å². The first kappa shape index (κ1) is 17.7. The summed E-state index contributed by atoms with van der Waals surface area (Å²) in [5, 5.41) is 2.45. The van der Waals surface area contributed by atoms with Gasteiger partial charge >= 0.3 is 6.09 Å². The van der Waals surface area contributed by atoms with Crippen LogP contribution in [0.5, 0.6) is 0 Å². The number of nitrogens with zero attached hydrogens (tertiary/aromatic N) is 1. The molecule has 1 aliphatic rings. The van der Waals surface area contributed by atoms with Gasteiger partial charge in [-0.1, -0.05) is 0 Å². The monoisotopic (exact) mass is 390 g/mol. The quantitative estimate of drug-likeness (QED) is 0.787. The molecule has 2 amide bonds. The fourth-order valence-corrected chi connectivity index (χ4v) is 2.53. The summed E-state index contributed by atoms with van der Waals surface area (Å²) in [6.07, 6.45) is -0.435. The molecule has 1 aromatic rings. The Hall–Kier alpha value is -1.70. The summed E-state index contributed by atoms with van der Waals surface area (Å²) in [5.41, 5.74) is -0.837. The van der Waals surface area contributed by atoms with E-state index in [1.54, 1.807) is 20.8 Å². The van der Waals surface area contributed by atoms with Gasteiger partial charge in [0, 0.05) is 6.54 Å². The van der Waals surface area contributed by atoms with Gasteiger partial charge in [-0.3, -0.25) is 4.79 Å². The van der Waals surface area contributed by atoms with Crippen molar-refractivity contribution in [3.63, 3.8) is 0 Å². The average molecular weight is 391 g/mol. The minimum atomic E-state index is -1.11. The van der Waals surface area contributed by atoms with Crippen molar-refractivity contribution in [1.29, 1.82) is 0 Å². The molecule has 1 N–H and O–H groups in total. The summed E-state index contributed by atoms with van der Waals surface area (Å²) < 4.78 is 32.7. The van der Waals surface area contributed by atoms with Gasteiger partial charge < -0.3 is 15.0 Å². The predicted molar refractivity (Wildman–Crippen MR) is 84.2 cm³/mol. The van der Waals surface area contributed by atoms with Crippen LogP contribution in [0.1, 0.15) is 27.2 Å². The average Bonchev–Trinajstić information content (AvgIpc) is 2.76. The van der Waals surface area contributed by atoms with Crippen molar-refractivity contribution in [2.45, 2.75) is 38.8 Å². The third-order valence-corrected chi connectivity index (χ3v) is 3.81. The Balaban J connectivity index is 2.11. The molecule has 1 heterocycles. The van der Waals surface area contributed by atoms with Gasteiger partial charge in [-0.25, -0.2) is 13.6 Å². The molecule has 8 heteroatoms. The molecule has 1 aromatic carbocycles. The van der Waals surface area contributed by atoms with E-state index in [-0.39, 0.29) is 23.1 Å². The summed E-state index contributed by atoms with van der Waals surface area (Å²) in [5.74, 6) is -2.67. The van der Waals surface area contributed by atoms with Crippen LogP contribution in [-0.2, 0) is 9.53 Å². The normalized spacial score (nSPS) is 18.3. The molecule has 1 atom stereocenters. The minimum Gasteiger partial charge on any atom is -0.444 e. The third-order valence-electron chi connectivity index (χ3n) is 3.20. The first-order valence-electron chi connectivity index (χ1n) is 7.04. The number of hydrogen-bond acceptors (Lipinski definition) is 3. The number of rotatable bonds is 2. The Morgan fingerprint density at radius 2 is 2.00 bits per heavy atom. The number of benzene rings is 1. The zero-order valence-electron chi connectivity index (χ0n) is 13.0. The molecular weight excluding hydrogens is 374 g/mol. The van der Waals surface area contributed by atoms with Gasteiger partial charge in [-0.05, 0) is 55.3 Å². The maximum absolute atomic E-state index is 14.0. The topological polar surface area (TPSA) is 58.6 Å². The lowest BCUT2D eigenvalue weighted by Gasteiger charge is -2.22. The van der Waals surface area contributed by atoms with Gasteiger partial charge in [-0.2, -0.15) is 0 Å². The van der Waals surface area contributed by atoms with E-state index in [2.05, 4.69) is 21.2 Å². The zero-order chi connectivity index (χ0) is 17.4. The van der Waals surface area contributed by atoms with Gasteiger partial charge in [0.2, 0.25) is 5.91 Å². The molecule has 1 aliphatic heterocycles. The molecule has 5 nitrogen and oxygen atoms in total. The van der Waals surface area contributed by atoms with Crippen molar-refractivity contribution in [2.24, 2.45) is 0 Å². The summed E-state index contributed by atoms with van der Waals surface area (Å²) in [4.78, 5) is 25.2. The molecule has 0 unspecified atom stereocenters. The first-order valence-corrected chi connectivity index (χ1v) is 7.84. The molecule has 23 heavy (non-hydrogen) atoms. The fraction of sp³-hybridized carbons (Fsp3) is 0.467. The van der Waals surface area contributed by atoms with Crippen molar-refractivity contribution in [2.75, 3.05) is 11.4 Å². The lowest BCUT2D eigenvalue weighted by atomic mass is 10.2. The zero-order valence-corrected chi connectivity index (χ0v) is 14.5. The number of alkyl carbamates (subject to hydrolysis) is 1. The Morgan fingerprint density at radius 3 is 2.61 bits per heavy atom. The number of hydrogen-bond donors (Lipinski definition) is 1. The van der Waals surface area contributed by atoms with Gasteiger partial charge in [-0.15, -0.1) is 0 Å². The van der Waals surface area contributed by atoms with E-state index < -0.39 is 35.3 Å². The maximum atomic E-state index is 14.0. The number of anilines is 1. The van der Waals surface area contributed by atoms with Crippen LogP contribution >= 0.6 is 15.9 Å². The highest BCUT2D eigenvalue weighted by atomic mass is 79.9. The van der Waals surface area contributed by atoms with E-state index in [0.717, 1.165) is 4.90 Å². The number of carbonyl (C=O) groups is 2. The second kappa shape index (κ2) is 6.43. The summed E-state index contributed by atoms with van der Waals surface area (Å²) >= 11 is 2.88. The molecule has 126 valence electrons. The largest absolute Gasteiger partial charge is 0.444 e. The van der Waals surface area contributed by atoms with E-state index >= 15 is 0 Å². The lowest BCUT2D eigenvalue weighted by Crippen LogP contribution is -2.44. The van der Waals surface area contributed by atoms with E-state index in [4.69, 9.17) is 4.74 Å². The van der Waals surface area contributed by atoms with E-state index in [1.807, 2.05) is 0 Å². The van der Waals surface area contributed by atoms with Crippen LogP contribution in [0.25, 0.3) is 0 Å². The van der Waals surface area contributed by atoms with E-state index in [1.165, 1.54) is 12.1 Å². The fourth-order valence-electron chi connectivity index (χ4n) is 2.23. The number of nitrogens with one attached hydrogen (secondary N) is 1. The highest BCUT2D eigenvalue weighted by molar-refractivity contribution is 9.10. The van der Waals surface area contributed by atoms with E-state index in [0.29, 0.717) is 0 Å². The summed E-state index contributed by atoms with van der Waals surface area (Å²) in [6, 6.07) is 1.82. The Kier molecular flexibility index (Phi) is 4.93. The Bertz CT molecular complexity index is 646.